The minimum absolute atomic E-state index is 0.0321. The number of anilines is 1. The molecule has 1 aliphatic rings. The summed E-state index contributed by atoms with van der Waals surface area (Å²) in [6.45, 7) is 3.21. The summed E-state index contributed by atoms with van der Waals surface area (Å²) in [6, 6.07) is 13.0. The smallest absolute Gasteiger partial charge is 0.240 e. The van der Waals surface area contributed by atoms with E-state index in [4.69, 9.17) is 4.74 Å². The molecule has 0 aliphatic carbocycles. The summed E-state index contributed by atoms with van der Waals surface area (Å²) in [5, 5.41) is 0. The van der Waals surface area contributed by atoms with Gasteiger partial charge in [-0.2, -0.15) is 0 Å². The van der Waals surface area contributed by atoms with Crippen molar-refractivity contribution >= 4 is 15.7 Å². The number of ether oxygens (including phenoxy) is 1. The van der Waals surface area contributed by atoms with Crippen molar-refractivity contribution < 1.29 is 22.4 Å². The van der Waals surface area contributed by atoms with Crippen molar-refractivity contribution in [3.63, 3.8) is 0 Å². The Morgan fingerprint density at radius 2 is 1.68 bits per heavy atom. The Hall–Kier alpha value is -2.00. The standard InChI is InChI=1S/C20H26FN3O3S/c1-23(2)18-7-3-16(4-8-18)20(24-11-13-27-14-12-24)15-22-28(25,26)19-9-5-17(21)6-10-19/h3-10,20,22H,11-15H2,1-2H3/p+1/t20-/m1/s1. The van der Waals surface area contributed by atoms with Crippen molar-refractivity contribution in [1.29, 1.82) is 0 Å². The molecule has 1 saturated heterocycles. The molecule has 1 fully saturated rings. The minimum atomic E-state index is -3.71. The van der Waals surface area contributed by atoms with Gasteiger partial charge >= 0.3 is 0 Å². The van der Waals surface area contributed by atoms with Gasteiger partial charge in [-0.3, -0.25) is 0 Å². The molecule has 152 valence electrons. The molecule has 1 heterocycles. The third-order valence-corrected chi connectivity index (χ3v) is 6.48. The highest BCUT2D eigenvalue weighted by atomic mass is 32.2. The van der Waals surface area contributed by atoms with Gasteiger partial charge in [0.2, 0.25) is 10.0 Å². The molecule has 0 bridgehead atoms. The minimum Gasteiger partial charge on any atom is -0.378 e. The first kappa shape index (κ1) is 20.7. The van der Waals surface area contributed by atoms with Crippen LogP contribution in [0.25, 0.3) is 0 Å². The molecule has 28 heavy (non-hydrogen) atoms. The molecule has 0 unspecified atom stereocenters. The molecule has 0 spiro atoms. The Morgan fingerprint density at radius 1 is 1.07 bits per heavy atom. The molecular formula is C20H27FN3O3S+. The van der Waals surface area contributed by atoms with Crippen LogP contribution in [0.2, 0.25) is 0 Å². The summed E-state index contributed by atoms with van der Waals surface area (Å²) in [4.78, 5) is 3.37. The average molecular weight is 409 g/mol. The van der Waals surface area contributed by atoms with Crippen LogP contribution in [0.15, 0.2) is 53.4 Å². The van der Waals surface area contributed by atoms with Crippen LogP contribution < -0.4 is 14.5 Å². The zero-order valence-corrected chi connectivity index (χ0v) is 17.0. The molecule has 1 aliphatic heterocycles. The van der Waals surface area contributed by atoms with E-state index < -0.39 is 15.8 Å². The van der Waals surface area contributed by atoms with Crippen LogP contribution in [0.5, 0.6) is 0 Å². The number of halogens is 1. The van der Waals surface area contributed by atoms with Gasteiger partial charge in [0, 0.05) is 25.3 Å². The molecule has 1 atom stereocenters. The third-order valence-electron chi connectivity index (χ3n) is 5.04. The zero-order chi connectivity index (χ0) is 20.1. The van der Waals surface area contributed by atoms with E-state index in [1.807, 2.05) is 31.1 Å². The Kier molecular flexibility index (Phi) is 6.66. The average Bonchev–Trinajstić information content (AvgIpc) is 2.69. The number of sulfonamides is 1. The monoisotopic (exact) mass is 408 g/mol. The van der Waals surface area contributed by atoms with Crippen molar-refractivity contribution in [2.75, 3.05) is 51.8 Å². The number of nitrogens with zero attached hydrogens (tertiary/aromatic N) is 1. The van der Waals surface area contributed by atoms with Gasteiger partial charge in [0.1, 0.15) is 24.9 Å². The second-order valence-corrected chi connectivity index (χ2v) is 8.88. The predicted octanol–water partition coefficient (Wildman–Crippen LogP) is 0.826. The predicted molar refractivity (Wildman–Crippen MR) is 107 cm³/mol. The van der Waals surface area contributed by atoms with Crippen LogP contribution in [-0.4, -0.2) is 55.4 Å². The summed E-state index contributed by atoms with van der Waals surface area (Å²) in [6.07, 6.45) is 0. The quantitative estimate of drug-likeness (QED) is 0.712. The van der Waals surface area contributed by atoms with Gasteiger partial charge in [0.15, 0.2) is 0 Å². The SMILES string of the molecule is CN(C)c1ccc([C@@H](CNS(=O)(=O)c2ccc(F)cc2)[NH+]2CCOCC2)cc1. The zero-order valence-electron chi connectivity index (χ0n) is 16.2. The van der Waals surface area contributed by atoms with Gasteiger partial charge in [-0.15, -0.1) is 0 Å². The van der Waals surface area contributed by atoms with E-state index in [1.165, 1.54) is 17.0 Å². The number of benzene rings is 2. The van der Waals surface area contributed by atoms with Crippen molar-refractivity contribution in [3.05, 3.63) is 59.9 Å². The highest BCUT2D eigenvalue weighted by Crippen LogP contribution is 2.17. The molecule has 0 radical (unpaired) electrons. The van der Waals surface area contributed by atoms with Crippen molar-refractivity contribution in [2.24, 2.45) is 0 Å². The van der Waals surface area contributed by atoms with E-state index in [1.54, 1.807) is 0 Å². The van der Waals surface area contributed by atoms with E-state index >= 15 is 0 Å². The lowest BCUT2D eigenvalue weighted by molar-refractivity contribution is -0.937. The lowest BCUT2D eigenvalue weighted by atomic mass is 10.0. The first-order valence-electron chi connectivity index (χ1n) is 9.31. The molecule has 2 aromatic rings. The number of morpholine rings is 1. The molecule has 0 saturated carbocycles. The summed E-state index contributed by atoms with van der Waals surface area (Å²) in [5.74, 6) is -0.462. The molecule has 3 rings (SSSR count). The van der Waals surface area contributed by atoms with Crippen LogP contribution in [0, 0.1) is 5.82 Å². The van der Waals surface area contributed by atoms with E-state index in [2.05, 4.69) is 16.9 Å². The first-order chi connectivity index (χ1) is 13.4. The molecular weight excluding hydrogens is 381 g/mol. The second-order valence-electron chi connectivity index (χ2n) is 7.11. The van der Waals surface area contributed by atoms with Crippen LogP contribution in [0.4, 0.5) is 10.1 Å². The Morgan fingerprint density at radius 3 is 2.25 bits per heavy atom. The van der Waals surface area contributed by atoms with Crippen molar-refractivity contribution in [3.8, 4) is 0 Å². The van der Waals surface area contributed by atoms with Gasteiger partial charge in [0.05, 0.1) is 24.7 Å². The van der Waals surface area contributed by atoms with Gasteiger partial charge in [-0.25, -0.2) is 17.5 Å². The van der Waals surface area contributed by atoms with E-state index in [0.29, 0.717) is 13.2 Å². The Bertz CT molecular complexity index is 865. The first-order valence-corrected chi connectivity index (χ1v) is 10.8. The van der Waals surface area contributed by atoms with Crippen LogP contribution in [0.1, 0.15) is 11.6 Å². The van der Waals surface area contributed by atoms with E-state index in [-0.39, 0.29) is 17.5 Å². The van der Waals surface area contributed by atoms with Crippen molar-refractivity contribution in [1.82, 2.24) is 4.72 Å². The molecule has 2 N–H and O–H groups in total. The Balaban J connectivity index is 1.79. The van der Waals surface area contributed by atoms with Crippen LogP contribution in [0.3, 0.4) is 0 Å². The third kappa shape index (κ3) is 5.08. The maximum atomic E-state index is 13.1. The highest BCUT2D eigenvalue weighted by Gasteiger charge is 2.28. The molecule has 6 nitrogen and oxygen atoms in total. The van der Waals surface area contributed by atoms with E-state index in [9.17, 15) is 12.8 Å². The topological polar surface area (TPSA) is 63.1 Å². The number of rotatable bonds is 7. The van der Waals surface area contributed by atoms with Gasteiger partial charge < -0.3 is 14.5 Å². The molecule has 0 amide bonds. The molecule has 2 aromatic carbocycles. The lowest BCUT2D eigenvalue weighted by Crippen LogP contribution is -3.15. The summed E-state index contributed by atoms with van der Waals surface area (Å²) < 4.78 is 46.5. The van der Waals surface area contributed by atoms with E-state index in [0.717, 1.165) is 36.5 Å². The number of quaternary nitrogens is 1. The van der Waals surface area contributed by atoms with Crippen molar-refractivity contribution in [2.45, 2.75) is 10.9 Å². The molecule has 8 heteroatoms. The highest BCUT2D eigenvalue weighted by molar-refractivity contribution is 7.89. The largest absolute Gasteiger partial charge is 0.378 e. The summed E-state index contributed by atoms with van der Waals surface area (Å²) in [5.41, 5.74) is 2.16. The normalized spacial score (nSPS) is 16.7. The second kappa shape index (κ2) is 9.00. The fourth-order valence-corrected chi connectivity index (χ4v) is 4.42. The van der Waals surface area contributed by atoms with Gasteiger partial charge in [-0.05, 0) is 36.4 Å². The number of nitrogens with one attached hydrogen (secondary N) is 2. The van der Waals surface area contributed by atoms with Crippen LogP contribution in [-0.2, 0) is 14.8 Å². The lowest BCUT2D eigenvalue weighted by Gasteiger charge is -2.32. The van der Waals surface area contributed by atoms with Crippen LogP contribution >= 0.6 is 0 Å². The maximum Gasteiger partial charge on any atom is 0.240 e. The Labute approximate surface area is 166 Å². The fraction of sp³-hybridized carbons (Fsp3) is 0.400. The fourth-order valence-electron chi connectivity index (χ4n) is 3.37. The number of hydrogen-bond donors (Lipinski definition) is 2. The van der Waals surface area contributed by atoms with Gasteiger partial charge in [-0.1, -0.05) is 12.1 Å². The molecule has 0 aromatic heterocycles. The summed E-state index contributed by atoms with van der Waals surface area (Å²) >= 11 is 0. The maximum absolute atomic E-state index is 13.1. The summed E-state index contributed by atoms with van der Waals surface area (Å²) in [7, 11) is 0.256. The number of hydrogen-bond acceptors (Lipinski definition) is 4. The van der Waals surface area contributed by atoms with Gasteiger partial charge in [0.25, 0.3) is 0 Å².